The highest BCUT2D eigenvalue weighted by atomic mass is 16.4. The van der Waals surface area contributed by atoms with Gasteiger partial charge in [0.05, 0.1) is 11.6 Å². The maximum Gasteiger partial charge on any atom is 0.308 e. The molecule has 2 unspecified atom stereocenters. The number of hydrogen-bond donors (Lipinski definition) is 1. The third-order valence-electron chi connectivity index (χ3n) is 4.23. The molecule has 1 aliphatic rings. The molecular formula is C16H24N2O2. The van der Waals surface area contributed by atoms with Crippen molar-refractivity contribution >= 4 is 5.97 Å². The summed E-state index contributed by atoms with van der Waals surface area (Å²) in [4.78, 5) is 18.3. The Morgan fingerprint density at radius 2 is 2.15 bits per heavy atom. The molecule has 4 nitrogen and oxygen atoms in total. The topological polar surface area (TPSA) is 53.4 Å². The zero-order chi connectivity index (χ0) is 14.5. The van der Waals surface area contributed by atoms with Crippen molar-refractivity contribution < 1.29 is 9.90 Å². The number of rotatable bonds is 5. The summed E-state index contributed by atoms with van der Waals surface area (Å²) in [6, 6.07) is 6.17. The summed E-state index contributed by atoms with van der Waals surface area (Å²) in [7, 11) is 0. The van der Waals surface area contributed by atoms with Crippen LogP contribution in [0.2, 0.25) is 0 Å². The highest BCUT2D eigenvalue weighted by Gasteiger charge is 2.34. The molecule has 0 radical (unpaired) electrons. The van der Waals surface area contributed by atoms with Gasteiger partial charge in [0.1, 0.15) is 0 Å². The monoisotopic (exact) mass is 276 g/mol. The van der Waals surface area contributed by atoms with Crippen LogP contribution in [0.15, 0.2) is 18.2 Å². The van der Waals surface area contributed by atoms with Gasteiger partial charge in [-0.1, -0.05) is 25.8 Å². The maximum absolute atomic E-state index is 11.4. The van der Waals surface area contributed by atoms with Gasteiger partial charge in [0, 0.05) is 18.3 Å². The van der Waals surface area contributed by atoms with Crippen molar-refractivity contribution in [1.82, 2.24) is 9.88 Å². The molecule has 0 amide bonds. The van der Waals surface area contributed by atoms with Gasteiger partial charge in [0.15, 0.2) is 0 Å². The van der Waals surface area contributed by atoms with E-state index >= 15 is 0 Å². The normalized spacial score (nSPS) is 22.9. The summed E-state index contributed by atoms with van der Waals surface area (Å²) >= 11 is 0. The quantitative estimate of drug-likeness (QED) is 0.898. The standard InChI is InChI=1S/C16H24N2O2/c1-3-18(11-13-8-6-7-12(2)17-13)15-10-5-4-9-14(15)16(19)20/h6-8,14-15H,3-5,9-11H2,1-2H3,(H,19,20). The maximum atomic E-state index is 11.4. The molecule has 110 valence electrons. The van der Waals surface area contributed by atoms with E-state index in [2.05, 4.69) is 16.8 Å². The SMILES string of the molecule is CCN(Cc1cccc(C)n1)C1CCCCC1C(=O)O. The minimum absolute atomic E-state index is 0.147. The van der Waals surface area contributed by atoms with Crippen LogP contribution < -0.4 is 0 Å². The first-order chi connectivity index (χ1) is 9.61. The van der Waals surface area contributed by atoms with Crippen LogP contribution in [0.1, 0.15) is 44.0 Å². The number of carbonyl (C=O) groups is 1. The number of aliphatic carboxylic acids is 1. The van der Waals surface area contributed by atoms with E-state index in [1.54, 1.807) is 0 Å². The molecule has 0 aromatic carbocycles. The average Bonchev–Trinajstić information content (AvgIpc) is 2.45. The Labute approximate surface area is 120 Å². The van der Waals surface area contributed by atoms with Crippen molar-refractivity contribution in [3.05, 3.63) is 29.6 Å². The van der Waals surface area contributed by atoms with E-state index in [0.717, 1.165) is 50.2 Å². The molecule has 1 saturated carbocycles. The fraction of sp³-hybridized carbons (Fsp3) is 0.625. The summed E-state index contributed by atoms with van der Waals surface area (Å²) in [6.45, 7) is 5.69. The number of pyridine rings is 1. The summed E-state index contributed by atoms with van der Waals surface area (Å²) in [5, 5.41) is 9.42. The fourth-order valence-electron chi connectivity index (χ4n) is 3.20. The van der Waals surface area contributed by atoms with Crippen molar-refractivity contribution in [2.24, 2.45) is 5.92 Å². The van der Waals surface area contributed by atoms with Crippen molar-refractivity contribution in [1.29, 1.82) is 0 Å². The number of carboxylic acids is 1. The predicted molar refractivity (Wildman–Crippen MR) is 78.4 cm³/mol. The molecule has 0 aliphatic heterocycles. The number of hydrogen-bond acceptors (Lipinski definition) is 3. The molecule has 0 saturated heterocycles. The van der Waals surface area contributed by atoms with Crippen molar-refractivity contribution in [2.45, 2.75) is 52.1 Å². The van der Waals surface area contributed by atoms with Crippen LogP contribution in [0.3, 0.4) is 0 Å². The highest BCUT2D eigenvalue weighted by Crippen LogP contribution is 2.29. The summed E-state index contributed by atoms with van der Waals surface area (Å²) in [5.74, 6) is -0.876. The lowest BCUT2D eigenvalue weighted by molar-refractivity contribution is -0.145. The van der Waals surface area contributed by atoms with Crippen LogP contribution in [0.5, 0.6) is 0 Å². The van der Waals surface area contributed by atoms with E-state index in [9.17, 15) is 9.90 Å². The Balaban J connectivity index is 2.11. The van der Waals surface area contributed by atoms with E-state index in [-0.39, 0.29) is 12.0 Å². The molecule has 2 atom stereocenters. The van der Waals surface area contributed by atoms with E-state index in [0.29, 0.717) is 0 Å². The second-order valence-corrected chi connectivity index (χ2v) is 5.63. The molecule has 20 heavy (non-hydrogen) atoms. The molecule has 0 bridgehead atoms. The Morgan fingerprint density at radius 3 is 2.80 bits per heavy atom. The van der Waals surface area contributed by atoms with Gasteiger partial charge in [-0.15, -0.1) is 0 Å². The van der Waals surface area contributed by atoms with Gasteiger partial charge in [-0.05, 0) is 38.4 Å². The number of aryl methyl sites for hydroxylation is 1. The van der Waals surface area contributed by atoms with Crippen LogP contribution in [0.25, 0.3) is 0 Å². The van der Waals surface area contributed by atoms with Gasteiger partial charge in [-0.3, -0.25) is 14.7 Å². The number of carboxylic acid groups (broad SMARTS) is 1. The molecule has 4 heteroatoms. The van der Waals surface area contributed by atoms with Crippen molar-refractivity contribution in [2.75, 3.05) is 6.54 Å². The van der Waals surface area contributed by atoms with Crippen LogP contribution in [-0.4, -0.2) is 33.5 Å². The zero-order valence-electron chi connectivity index (χ0n) is 12.4. The molecule has 1 N–H and O–H groups in total. The van der Waals surface area contributed by atoms with Gasteiger partial charge in [-0.25, -0.2) is 0 Å². The van der Waals surface area contributed by atoms with E-state index < -0.39 is 5.97 Å². The Morgan fingerprint density at radius 1 is 1.40 bits per heavy atom. The lowest BCUT2D eigenvalue weighted by Crippen LogP contribution is -2.45. The summed E-state index contributed by atoms with van der Waals surface area (Å²) in [6.07, 6.45) is 3.95. The first-order valence-corrected chi connectivity index (χ1v) is 7.51. The summed E-state index contributed by atoms with van der Waals surface area (Å²) < 4.78 is 0. The third-order valence-corrected chi connectivity index (χ3v) is 4.23. The van der Waals surface area contributed by atoms with E-state index in [1.807, 2.05) is 25.1 Å². The van der Waals surface area contributed by atoms with E-state index in [4.69, 9.17) is 0 Å². The minimum atomic E-state index is -0.648. The zero-order valence-corrected chi connectivity index (χ0v) is 12.4. The molecule has 1 aromatic rings. The Hall–Kier alpha value is -1.42. The molecule has 1 aromatic heterocycles. The van der Waals surface area contributed by atoms with E-state index in [1.165, 1.54) is 0 Å². The molecule has 2 rings (SSSR count). The van der Waals surface area contributed by atoms with Crippen molar-refractivity contribution in [3.63, 3.8) is 0 Å². The largest absolute Gasteiger partial charge is 0.481 e. The van der Waals surface area contributed by atoms with Crippen molar-refractivity contribution in [3.8, 4) is 0 Å². The third kappa shape index (κ3) is 3.57. The number of aromatic nitrogens is 1. The molecule has 1 heterocycles. The van der Waals surface area contributed by atoms with Crippen LogP contribution in [0, 0.1) is 12.8 Å². The highest BCUT2D eigenvalue weighted by molar-refractivity contribution is 5.71. The lowest BCUT2D eigenvalue weighted by atomic mass is 9.83. The van der Waals surface area contributed by atoms with Gasteiger partial charge in [0.2, 0.25) is 0 Å². The molecule has 1 fully saturated rings. The summed E-state index contributed by atoms with van der Waals surface area (Å²) in [5.41, 5.74) is 2.04. The lowest BCUT2D eigenvalue weighted by Gasteiger charge is -2.37. The van der Waals surface area contributed by atoms with Gasteiger partial charge >= 0.3 is 5.97 Å². The Kier molecular flexibility index (Phi) is 5.12. The molecule has 0 spiro atoms. The van der Waals surface area contributed by atoms with Crippen LogP contribution in [0.4, 0.5) is 0 Å². The van der Waals surface area contributed by atoms with Gasteiger partial charge in [0.25, 0.3) is 0 Å². The van der Waals surface area contributed by atoms with Crippen LogP contribution in [-0.2, 0) is 11.3 Å². The Bertz CT molecular complexity index is 462. The first kappa shape index (κ1) is 15.0. The fourth-order valence-corrected chi connectivity index (χ4v) is 3.20. The predicted octanol–water partition coefficient (Wildman–Crippen LogP) is 2.86. The smallest absolute Gasteiger partial charge is 0.308 e. The number of nitrogens with zero attached hydrogens (tertiary/aromatic N) is 2. The minimum Gasteiger partial charge on any atom is -0.481 e. The first-order valence-electron chi connectivity index (χ1n) is 7.51. The molecular weight excluding hydrogens is 252 g/mol. The van der Waals surface area contributed by atoms with Crippen LogP contribution >= 0.6 is 0 Å². The second kappa shape index (κ2) is 6.84. The average molecular weight is 276 g/mol. The van der Waals surface area contributed by atoms with Gasteiger partial charge < -0.3 is 5.11 Å². The van der Waals surface area contributed by atoms with Gasteiger partial charge in [-0.2, -0.15) is 0 Å². The molecule has 1 aliphatic carbocycles. The second-order valence-electron chi connectivity index (χ2n) is 5.63.